The van der Waals surface area contributed by atoms with Gasteiger partial charge in [-0.2, -0.15) is 9.59 Å². The van der Waals surface area contributed by atoms with E-state index in [4.69, 9.17) is 15.0 Å². The Morgan fingerprint density at radius 1 is 0.750 bits per heavy atom. The Bertz CT molecular complexity index is 382. The molecule has 0 aromatic rings. The van der Waals surface area contributed by atoms with Crippen molar-refractivity contribution < 1.29 is 38.9 Å². The molecule has 0 aliphatic carbocycles. The van der Waals surface area contributed by atoms with Gasteiger partial charge in [-0.1, -0.05) is 0 Å². The molecule has 0 radical (unpaired) electrons. The molecular formula is C16H30O8+2. The SMILES string of the molecule is CC(C)(C)C(=O)O.COC(=O)C(C)(C)C.[CH2+]C(=O)O.[CH2+]C(=O)OC. The molecule has 0 spiro atoms. The summed E-state index contributed by atoms with van der Waals surface area (Å²) in [5.41, 5.74) is -0.936. The van der Waals surface area contributed by atoms with E-state index in [0.29, 0.717) is 0 Å². The van der Waals surface area contributed by atoms with Gasteiger partial charge >= 0.3 is 23.9 Å². The second-order valence-corrected chi connectivity index (χ2v) is 6.27. The van der Waals surface area contributed by atoms with Crippen LogP contribution in [0.1, 0.15) is 41.5 Å². The van der Waals surface area contributed by atoms with Crippen LogP contribution < -0.4 is 0 Å². The van der Waals surface area contributed by atoms with Gasteiger partial charge in [0, 0.05) is 0 Å². The lowest BCUT2D eigenvalue weighted by atomic mass is 9.98. The summed E-state index contributed by atoms with van der Waals surface area (Å²) in [6, 6.07) is 0. The molecule has 0 bridgehead atoms. The molecule has 0 atom stereocenters. The molecule has 140 valence electrons. The third kappa shape index (κ3) is 36.7. The molecule has 8 nitrogen and oxygen atoms in total. The highest BCUT2D eigenvalue weighted by Crippen LogP contribution is 2.13. The predicted molar refractivity (Wildman–Crippen MR) is 88.9 cm³/mol. The predicted octanol–water partition coefficient (Wildman–Crippen LogP) is 2.22. The van der Waals surface area contributed by atoms with E-state index >= 15 is 0 Å². The van der Waals surface area contributed by atoms with Gasteiger partial charge in [0.1, 0.15) is 0 Å². The number of carbonyl (C=O) groups excluding carboxylic acids is 2. The van der Waals surface area contributed by atoms with Gasteiger partial charge in [-0.05, 0) is 41.5 Å². The molecule has 0 heterocycles. The van der Waals surface area contributed by atoms with Gasteiger partial charge < -0.3 is 19.7 Å². The third-order valence-corrected chi connectivity index (χ3v) is 1.67. The second kappa shape index (κ2) is 14.2. The highest BCUT2D eigenvalue weighted by Gasteiger charge is 2.21. The Labute approximate surface area is 144 Å². The van der Waals surface area contributed by atoms with Crippen LogP contribution in [0, 0.1) is 24.7 Å². The van der Waals surface area contributed by atoms with Gasteiger partial charge in [0.2, 0.25) is 0 Å². The number of carboxylic acid groups (broad SMARTS) is 2. The van der Waals surface area contributed by atoms with Crippen LogP contribution in [0.5, 0.6) is 0 Å². The number of rotatable bonds is 0. The first kappa shape index (κ1) is 29.6. The molecule has 8 heteroatoms. The largest absolute Gasteiger partial charge is 0.493 e. The summed E-state index contributed by atoms with van der Waals surface area (Å²) in [5.74, 6) is -2.50. The number of esters is 2. The Morgan fingerprint density at radius 3 is 0.958 bits per heavy atom. The summed E-state index contributed by atoms with van der Waals surface area (Å²) < 4.78 is 8.48. The van der Waals surface area contributed by atoms with Crippen LogP contribution in [-0.2, 0) is 28.7 Å². The molecular weight excluding hydrogens is 320 g/mol. The first-order valence-electron chi connectivity index (χ1n) is 6.70. The van der Waals surface area contributed by atoms with E-state index in [-0.39, 0.29) is 11.4 Å². The molecule has 0 saturated carbocycles. The molecule has 0 fully saturated rings. The van der Waals surface area contributed by atoms with E-state index in [9.17, 15) is 14.4 Å². The first-order valence-corrected chi connectivity index (χ1v) is 6.70. The van der Waals surface area contributed by atoms with Crippen molar-refractivity contribution in [3.63, 3.8) is 0 Å². The summed E-state index contributed by atoms with van der Waals surface area (Å²) in [6.07, 6.45) is 0. The van der Waals surface area contributed by atoms with Crippen molar-refractivity contribution >= 4 is 23.9 Å². The van der Waals surface area contributed by atoms with E-state index in [1.165, 1.54) is 14.2 Å². The number of hydrogen-bond donors (Lipinski definition) is 2. The van der Waals surface area contributed by atoms with Crippen molar-refractivity contribution in [2.24, 2.45) is 10.8 Å². The number of methoxy groups -OCH3 is 2. The van der Waals surface area contributed by atoms with Crippen LogP contribution >= 0.6 is 0 Å². The Kier molecular flexibility index (Phi) is 17.6. The Morgan fingerprint density at radius 2 is 0.958 bits per heavy atom. The van der Waals surface area contributed by atoms with Crippen LogP contribution in [0.2, 0.25) is 0 Å². The fourth-order valence-electron chi connectivity index (χ4n) is 0.306. The summed E-state index contributed by atoms with van der Waals surface area (Å²) in [7, 11) is 2.68. The van der Waals surface area contributed by atoms with Gasteiger partial charge in [-0.25, -0.2) is 0 Å². The molecule has 24 heavy (non-hydrogen) atoms. The third-order valence-electron chi connectivity index (χ3n) is 1.67. The van der Waals surface area contributed by atoms with Crippen molar-refractivity contribution in [3.8, 4) is 0 Å². The number of ether oxygens (including phenoxy) is 2. The zero-order valence-electron chi connectivity index (χ0n) is 15.8. The van der Waals surface area contributed by atoms with E-state index in [1.54, 1.807) is 20.8 Å². The minimum Gasteiger partial charge on any atom is -0.481 e. The lowest BCUT2D eigenvalue weighted by Crippen LogP contribution is -2.21. The lowest BCUT2D eigenvalue weighted by molar-refractivity contribution is -0.149. The lowest BCUT2D eigenvalue weighted by Gasteiger charge is -2.13. The van der Waals surface area contributed by atoms with E-state index in [2.05, 4.69) is 23.3 Å². The first-order chi connectivity index (χ1) is 10.4. The summed E-state index contributed by atoms with van der Waals surface area (Å²) in [4.78, 5) is 39.0. The molecule has 0 rings (SSSR count). The molecule has 0 aliphatic rings. The van der Waals surface area contributed by atoms with E-state index in [1.807, 2.05) is 20.8 Å². The van der Waals surface area contributed by atoms with Crippen LogP contribution in [-0.4, -0.2) is 48.3 Å². The van der Waals surface area contributed by atoms with E-state index in [0.717, 1.165) is 0 Å². The standard InChI is InChI=1S/C6H12O2.C5H10O2.C3H5O2.C2H2O2/c1-6(2,3)5(7)8-4;1-5(2,3)4(6)7;1-3(4)5-2;1-2(3)4/h1-4H3;1-3H3,(H,6,7);1H2,2H3;1H2/q;;+1;/p+1. The van der Waals surface area contributed by atoms with Crippen LogP contribution in [0.3, 0.4) is 0 Å². The fourth-order valence-corrected chi connectivity index (χ4v) is 0.306. The maximum Gasteiger partial charge on any atom is 0.493 e. The minimum absolute atomic E-state index is 0.169. The van der Waals surface area contributed by atoms with Gasteiger partial charge in [-0.3, -0.25) is 9.59 Å². The van der Waals surface area contributed by atoms with E-state index < -0.39 is 23.3 Å². The number of carboxylic acids is 2. The zero-order chi connectivity index (χ0) is 20.7. The number of hydrogen-bond acceptors (Lipinski definition) is 6. The van der Waals surface area contributed by atoms with Gasteiger partial charge in [0.05, 0.1) is 25.0 Å². The maximum absolute atomic E-state index is 10.6. The monoisotopic (exact) mass is 350 g/mol. The highest BCUT2D eigenvalue weighted by molar-refractivity contribution is 5.75. The van der Waals surface area contributed by atoms with Crippen LogP contribution in [0.4, 0.5) is 0 Å². The molecule has 0 saturated heterocycles. The van der Waals surface area contributed by atoms with Gasteiger partial charge in [0.25, 0.3) is 0 Å². The Hall–Kier alpha value is -2.38. The van der Waals surface area contributed by atoms with Crippen molar-refractivity contribution in [2.75, 3.05) is 14.2 Å². The molecule has 0 aliphatic heterocycles. The average molecular weight is 350 g/mol. The average Bonchev–Trinajstić information content (AvgIpc) is 2.36. The fraction of sp³-hybridized carbons (Fsp3) is 0.625. The quantitative estimate of drug-likeness (QED) is 0.503. The van der Waals surface area contributed by atoms with Gasteiger partial charge in [-0.15, -0.1) is 0 Å². The van der Waals surface area contributed by atoms with Crippen LogP contribution in [0.25, 0.3) is 0 Å². The van der Waals surface area contributed by atoms with Crippen LogP contribution in [0.15, 0.2) is 0 Å². The smallest absolute Gasteiger partial charge is 0.481 e. The number of carbonyl (C=O) groups is 4. The molecule has 0 aromatic carbocycles. The normalized spacial score (nSPS) is 9.33. The maximum atomic E-state index is 10.6. The summed E-state index contributed by atoms with van der Waals surface area (Å²) in [5, 5.41) is 15.6. The summed E-state index contributed by atoms with van der Waals surface area (Å²) >= 11 is 0. The second-order valence-electron chi connectivity index (χ2n) is 6.27. The summed E-state index contributed by atoms with van der Waals surface area (Å²) in [6.45, 7) is 15.9. The van der Waals surface area contributed by atoms with Gasteiger partial charge in [0.15, 0.2) is 13.8 Å². The highest BCUT2D eigenvalue weighted by atomic mass is 16.5. The zero-order valence-corrected chi connectivity index (χ0v) is 15.8. The molecule has 0 amide bonds. The van der Waals surface area contributed by atoms with Crippen molar-refractivity contribution in [1.82, 2.24) is 0 Å². The van der Waals surface area contributed by atoms with Crippen molar-refractivity contribution in [2.45, 2.75) is 41.5 Å². The molecule has 0 aromatic heterocycles. The van der Waals surface area contributed by atoms with Crippen molar-refractivity contribution in [1.29, 1.82) is 0 Å². The topological polar surface area (TPSA) is 127 Å². The molecule has 2 N–H and O–H groups in total. The molecule has 0 unspecified atom stereocenters. The minimum atomic E-state index is -1.08. The van der Waals surface area contributed by atoms with Crippen molar-refractivity contribution in [3.05, 3.63) is 13.8 Å². The number of aliphatic carboxylic acids is 2. The Balaban J connectivity index is -0.000000115.